The summed E-state index contributed by atoms with van der Waals surface area (Å²) in [6.45, 7) is 2.83. The molecule has 16 heavy (non-hydrogen) atoms. The van der Waals surface area contributed by atoms with Gasteiger partial charge in [-0.05, 0) is 6.42 Å². The van der Waals surface area contributed by atoms with Gasteiger partial charge in [-0.3, -0.25) is 10.1 Å². The van der Waals surface area contributed by atoms with Crippen molar-refractivity contribution in [3.8, 4) is 0 Å². The van der Waals surface area contributed by atoms with Crippen LogP contribution in [0.1, 0.15) is 11.9 Å². The van der Waals surface area contributed by atoms with E-state index in [1.165, 1.54) is 17.6 Å². The van der Waals surface area contributed by atoms with E-state index in [1.54, 1.807) is 0 Å². The SMILES string of the molecule is CCc1nnc(NC(=O)C2=COCCO2)s1. The van der Waals surface area contributed by atoms with E-state index in [1.807, 2.05) is 6.92 Å². The van der Waals surface area contributed by atoms with Crippen molar-refractivity contribution >= 4 is 22.4 Å². The summed E-state index contributed by atoms with van der Waals surface area (Å²) in [5, 5.41) is 11.7. The summed E-state index contributed by atoms with van der Waals surface area (Å²) in [6, 6.07) is 0. The molecule has 6 nitrogen and oxygen atoms in total. The van der Waals surface area contributed by atoms with E-state index in [0.717, 1.165) is 11.4 Å². The van der Waals surface area contributed by atoms with Gasteiger partial charge in [0, 0.05) is 0 Å². The summed E-state index contributed by atoms with van der Waals surface area (Å²) in [6.07, 6.45) is 2.11. The Morgan fingerprint density at radius 3 is 3.06 bits per heavy atom. The van der Waals surface area contributed by atoms with Crippen LogP contribution < -0.4 is 5.32 Å². The molecule has 0 aliphatic carbocycles. The van der Waals surface area contributed by atoms with Gasteiger partial charge in [0.25, 0.3) is 5.91 Å². The quantitative estimate of drug-likeness (QED) is 0.852. The number of nitrogens with zero attached hydrogens (tertiary/aromatic N) is 2. The highest BCUT2D eigenvalue weighted by atomic mass is 32.1. The van der Waals surface area contributed by atoms with E-state index in [2.05, 4.69) is 15.5 Å². The summed E-state index contributed by atoms with van der Waals surface area (Å²) in [5.41, 5.74) is 0. The Bertz CT molecular complexity index is 416. The van der Waals surface area contributed by atoms with Crippen LogP contribution in [0.4, 0.5) is 5.13 Å². The maximum atomic E-state index is 11.6. The third kappa shape index (κ3) is 2.48. The predicted octanol–water partition coefficient (Wildman–Crippen LogP) is 0.927. The molecule has 0 aromatic carbocycles. The second kappa shape index (κ2) is 4.93. The Kier molecular flexibility index (Phi) is 3.35. The van der Waals surface area contributed by atoms with Gasteiger partial charge in [0.1, 0.15) is 24.5 Å². The van der Waals surface area contributed by atoms with Gasteiger partial charge < -0.3 is 9.47 Å². The predicted molar refractivity (Wildman–Crippen MR) is 57.9 cm³/mol. The standard InChI is InChI=1S/C9H11N3O3S/c1-2-7-11-12-9(16-7)10-8(13)6-5-14-3-4-15-6/h5H,2-4H2,1H3,(H,10,12,13). The lowest BCUT2D eigenvalue weighted by molar-refractivity contribution is -0.117. The van der Waals surface area contributed by atoms with E-state index in [-0.39, 0.29) is 11.7 Å². The zero-order chi connectivity index (χ0) is 11.4. The minimum atomic E-state index is -0.362. The summed E-state index contributed by atoms with van der Waals surface area (Å²) < 4.78 is 10.1. The minimum absolute atomic E-state index is 0.166. The second-order valence-corrected chi connectivity index (χ2v) is 4.07. The number of carbonyl (C=O) groups excluding carboxylic acids is 1. The monoisotopic (exact) mass is 241 g/mol. The van der Waals surface area contributed by atoms with E-state index >= 15 is 0 Å². The van der Waals surface area contributed by atoms with E-state index < -0.39 is 0 Å². The largest absolute Gasteiger partial charge is 0.494 e. The fourth-order valence-corrected chi connectivity index (χ4v) is 1.77. The molecule has 0 radical (unpaired) electrons. The Hall–Kier alpha value is -1.63. The van der Waals surface area contributed by atoms with Crippen LogP contribution in [0.25, 0.3) is 0 Å². The number of carbonyl (C=O) groups is 1. The van der Waals surface area contributed by atoms with Crippen LogP contribution in [0, 0.1) is 0 Å². The van der Waals surface area contributed by atoms with Gasteiger partial charge in [-0.1, -0.05) is 18.3 Å². The first-order valence-corrected chi connectivity index (χ1v) is 5.69. The molecule has 0 bridgehead atoms. The molecule has 7 heteroatoms. The fraction of sp³-hybridized carbons (Fsp3) is 0.444. The number of hydrogen-bond donors (Lipinski definition) is 1. The highest BCUT2D eigenvalue weighted by Crippen LogP contribution is 2.16. The summed E-state index contributed by atoms with van der Waals surface area (Å²) in [4.78, 5) is 11.6. The number of ether oxygens (including phenoxy) is 2. The van der Waals surface area contributed by atoms with Gasteiger partial charge in [0.05, 0.1) is 0 Å². The molecule has 0 atom stereocenters. The molecule has 0 spiro atoms. The van der Waals surface area contributed by atoms with Gasteiger partial charge in [-0.2, -0.15) is 0 Å². The second-order valence-electron chi connectivity index (χ2n) is 3.01. The average molecular weight is 241 g/mol. The third-order valence-corrected chi connectivity index (χ3v) is 2.85. The summed E-state index contributed by atoms with van der Waals surface area (Å²) in [5.74, 6) is -0.196. The summed E-state index contributed by atoms with van der Waals surface area (Å²) >= 11 is 1.35. The van der Waals surface area contributed by atoms with Crippen molar-refractivity contribution in [3.05, 3.63) is 17.0 Å². The smallest absolute Gasteiger partial charge is 0.295 e. The van der Waals surface area contributed by atoms with Crippen molar-refractivity contribution in [3.63, 3.8) is 0 Å². The Morgan fingerprint density at radius 2 is 2.44 bits per heavy atom. The Balaban J connectivity index is 1.98. The lowest BCUT2D eigenvalue weighted by atomic mass is 10.5. The molecule has 0 fully saturated rings. The normalized spacial score (nSPS) is 14.7. The van der Waals surface area contributed by atoms with Crippen molar-refractivity contribution in [2.75, 3.05) is 18.5 Å². The van der Waals surface area contributed by atoms with Crippen LogP contribution in [-0.2, 0) is 20.7 Å². The highest BCUT2D eigenvalue weighted by molar-refractivity contribution is 7.15. The topological polar surface area (TPSA) is 73.3 Å². The number of hydrogen-bond acceptors (Lipinski definition) is 6. The first-order chi connectivity index (χ1) is 7.79. The van der Waals surface area contributed by atoms with Crippen molar-refractivity contribution in [2.24, 2.45) is 0 Å². The van der Waals surface area contributed by atoms with E-state index in [4.69, 9.17) is 9.47 Å². The number of aromatic nitrogens is 2. The molecule has 2 heterocycles. The number of anilines is 1. The molecule has 0 saturated heterocycles. The lowest BCUT2D eigenvalue weighted by Gasteiger charge is -2.13. The molecular weight excluding hydrogens is 230 g/mol. The number of nitrogens with one attached hydrogen (secondary N) is 1. The first kappa shape index (κ1) is 10.9. The number of aryl methyl sites for hydroxylation is 1. The van der Waals surface area contributed by atoms with Crippen LogP contribution in [-0.4, -0.2) is 29.3 Å². The average Bonchev–Trinajstić information content (AvgIpc) is 2.78. The van der Waals surface area contributed by atoms with Crippen molar-refractivity contribution < 1.29 is 14.3 Å². The molecule has 1 aliphatic heterocycles. The van der Waals surface area contributed by atoms with Crippen molar-refractivity contribution in [2.45, 2.75) is 13.3 Å². The fourth-order valence-electron chi connectivity index (χ4n) is 1.09. The zero-order valence-electron chi connectivity index (χ0n) is 8.73. The lowest BCUT2D eigenvalue weighted by Crippen LogP contribution is -2.21. The number of rotatable bonds is 3. The maximum Gasteiger partial charge on any atom is 0.295 e. The zero-order valence-corrected chi connectivity index (χ0v) is 9.54. The molecule has 0 saturated carbocycles. The van der Waals surface area contributed by atoms with Crippen LogP contribution in [0.2, 0.25) is 0 Å². The van der Waals surface area contributed by atoms with Crippen LogP contribution >= 0.6 is 11.3 Å². The van der Waals surface area contributed by atoms with Gasteiger partial charge in [-0.15, -0.1) is 10.2 Å². The highest BCUT2D eigenvalue weighted by Gasteiger charge is 2.16. The van der Waals surface area contributed by atoms with Gasteiger partial charge in [0.15, 0.2) is 0 Å². The third-order valence-electron chi connectivity index (χ3n) is 1.86. The molecule has 1 aliphatic rings. The van der Waals surface area contributed by atoms with Gasteiger partial charge >= 0.3 is 0 Å². The molecule has 0 unspecified atom stereocenters. The van der Waals surface area contributed by atoms with Crippen LogP contribution in [0.3, 0.4) is 0 Å². The molecule has 1 N–H and O–H groups in total. The van der Waals surface area contributed by atoms with E-state index in [9.17, 15) is 4.79 Å². The minimum Gasteiger partial charge on any atom is -0.494 e. The molecule has 1 aromatic heterocycles. The first-order valence-electron chi connectivity index (χ1n) is 4.88. The Morgan fingerprint density at radius 1 is 1.56 bits per heavy atom. The maximum absolute atomic E-state index is 11.6. The summed E-state index contributed by atoms with van der Waals surface area (Å²) in [7, 11) is 0. The van der Waals surface area contributed by atoms with E-state index in [0.29, 0.717) is 18.3 Å². The molecule has 2 rings (SSSR count). The number of amides is 1. The van der Waals surface area contributed by atoms with Crippen molar-refractivity contribution in [1.29, 1.82) is 0 Å². The van der Waals surface area contributed by atoms with Crippen LogP contribution in [0.5, 0.6) is 0 Å². The molecular formula is C9H11N3O3S. The molecule has 86 valence electrons. The van der Waals surface area contributed by atoms with Crippen LogP contribution in [0.15, 0.2) is 12.0 Å². The van der Waals surface area contributed by atoms with Gasteiger partial charge in [-0.25, -0.2) is 0 Å². The molecule has 1 amide bonds. The van der Waals surface area contributed by atoms with Gasteiger partial charge in [0.2, 0.25) is 10.9 Å². The molecule has 1 aromatic rings. The van der Waals surface area contributed by atoms with Crippen molar-refractivity contribution in [1.82, 2.24) is 10.2 Å². The Labute approximate surface area is 96.3 Å².